The molecule has 1 aliphatic heterocycles. The zero-order valence-corrected chi connectivity index (χ0v) is 33.1. The molecule has 0 aliphatic carbocycles. The molecule has 0 aromatic rings. The topological polar surface area (TPSA) is 189 Å². The van der Waals surface area contributed by atoms with Crippen molar-refractivity contribution in [2.24, 2.45) is 0 Å². The molecule has 1 aliphatic rings. The lowest BCUT2D eigenvalue weighted by Gasteiger charge is -2.40. The van der Waals surface area contributed by atoms with E-state index < -0.39 is 74.2 Å². The Hall–Kier alpha value is -0.890. The summed E-state index contributed by atoms with van der Waals surface area (Å²) in [5, 5.41) is 74.9. The highest BCUT2D eigenvalue weighted by molar-refractivity contribution is 5.80. The molecule has 0 spiro atoms. The van der Waals surface area contributed by atoms with Crippen molar-refractivity contribution in [2.45, 2.75) is 242 Å². The molecule has 1 rings (SSSR count). The molecule has 1 saturated heterocycles. The standard InChI is InChI=1S/C41H81NO10/c1-3-5-7-9-10-11-12-13-14-15-16-17-18-19-20-21-22-23-25-27-29-34(45)40(50)42-32(36(46)33(44)28-26-24-8-6-4-2)31-51-41-39(49)38(48)37(47)35(30-43)52-41/h32-39,41,43-49H,3-31H2,1-2H3,(H,42,50)/t32-,33-,34?,35-,36+,37+,38+,39-,41+/m1/s1. The van der Waals surface area contributed by atoms with Gasteiger partial charge in [0.15, 0.2) is 6.29 Å². The second-order valence-corrected chi connectivity index (χ2v) is 15.4. The molecule has 0 aromatic heterocycles. The lowest BCUT2D eigenvalue weighted by molar-refractivity contribution is -0.303. The highest BCUT2D eigenvalue weighted by Crippen LogP contribution is 2.23. The number of nitrogens with one attached hydrogen (secondary N) is 1. The van der Waals surface area contributed by atoms with Crippen LogP contribution >= 0.6 is 0 Å². The highest BCUT2D eigenvalue weighted by atomic mass is 16.7. The first kappa shape index (κ1) is 49.1. The van der Waals surface area contributed by atoms with Gasteiger partial charge < -0.3 is 50.5 Å². The van der Waals surface area contributed by atoms with Crippen molar-refractivity contribution < 1.29 is 50.0 Å². The zero-order chi connectivity index (χ0) is 38.4. The molecule has 0 bridgehead atoms. The maximum atomic E-state index is 13.0. The summed E-state index contributed by atoms with van der Waals surface area (Å²) in [5.41, 5.74) is 0. The van der Waals surface area contributed by atoms with E-state index in [0.29, 0.717) is 19.3 Å². The molecule has 9 atom stereocenters. The van der Waals surface area contributed by atoms with Crippen LogP contribution in [-0.2, 0) is 14.3 Å². The predicted octanol–water partition coefficient (Wildman–Crippen LogP) is 5.94. The molecule has 0 aromatic carbocycles. The summed E-state index contributed by atoms with van der Waals surface area (Å²) in [7, 11) is 0. The number of rotatable bonds is 35. The Balaban J connectivity index is 2.32. The maximum Gasteiger partial charge on any atom is 0.249 e. The number of hydrogen-bond acceptors (Lipinski definition) is 10. The molecule has 52 heavy (non-hydrogen) atoms. The maximum absolute atomic E-state index is 13.0. The summed E-state index contributed by atoms with van der Waals surface area (Å²) < 4.78 is 11.0. The minimum Gasteiger partial charge on any atom is -0.394 e. The van der Waals surface area contributed by atoms with E-state index in [4.69, 9.17) is 9.47 Å². The fourth-order valence-electron chi connectivity index (χ4n) is 7.03. The van der Waals surface area contributed by atoms with Gasteiger partial charge in [0.25, 0.3) is 0 Å². The van der Waals surface area contributed by atoms with Crippen LogP contribution in [0.1, 0.15) is 187 Å². The molecule has 0 saturated carbocycles. The molecule has 11 heteroatoms. The van der Waals surface area contributed by atoms with Crippen LogP contribution in [0.4, 0.5) is 0 Å². The second kappa shape index (κ2) is 32.4. The third kappa shape index (κ3) is 22.5. The van der Waals surface area contributed by atoms with E-state index in [1.54, 1.807) is 0 Å². The van der Waals surface area contributed by atoms with Gasteiger partial charge in [0.2, 0.25) is 5.91 Å². The molecule has 1 heterocycles. The van der Waals surface area contributed by atoms with Gasteiger partial charge in [0.05, 0.1) is 25.4 Å². The largest absolute Gasteiger partial charge is 0.394 e. The minimum atomic E-state index is -1.65. The Morgan fingerprint density at radius 1 is 0.596 bits per heavy atom. The van der Waals surface area contributed by atoms with Gasteiger partial charge in [0, 0.05) is 0 Å². The van der Waals surface area contributed by atoms with E-state index >= 15 is 0 Å². The van der Waals surface area contributed by atoms with Gasteiger partial charge in [-0.2, -0.15) is 0 Å². The molecule has 310 valence electrons. The first-order valence-corrected chi connectivity index (χ1v) is 21.4. The third-order valence-electron chi connectivity index (χ3n) is 10.7. The molecular formula is C41H81NO10. The summed E-state index contributed by atoms with van der Waals surface area (Å²) in [6.45, 7) is 3.33. The van der Waals surface area contributed by atoms with E-state index in [0.717, 1.165) is 44.9 Å². The normalized spacial score (nSPS) is 23.0. The smallest absolute Gasteiger partial charge is 0.249 e. The minimum absolute atomic E-state index is 0.265. The van der Waals surface area contributed by atoms with Crippen molar-refractivity contribution in [1.29, 1.82) is 0 Å². The quantitative estimate of drug-likeness (QED) is 0.0360. The van der Waals surface area contributed by atoms with E-state index in [-0.39, 0.29) is 6.42 Å². The van der Waals surface area contributed by atoms with Gasteiger partial charge in [-0.3, -0.25) is 4.79 Å². The van der Waals surface area contributed by atoms with E-state index in [2.05, 4.69) is 19.2 Å². The van der Waals surface area contributed by atoms with Gasteiger partial charge >= 0.3 is 0 Å². The van der Waals surface area contributed by atoms with Gasteiger partial charge in [-0.1, -0.05) is 174 Å². The van der Waals surface area contributed by atoms with E-state index in [9.17, 15) is 40.5 Å². The van der Waals surface area contributed by atoms with Crippen LogP contribution in [0.3, 0.4) is 0 Å². The summed E-state index contributed by atoms with van der Waals surface area (Å²) in [4.78, 5) is 13.0. The molecule has 1 amide bonds. The Labute approximate surface area is 316 Å². The number of amides is 1. The SMILES string of the molecule is CCCCCCCCCCCCCCCCCCCCCCC(O)C(=O)N[C@H](CO[C@H]1O[C@H](CO)[C@H](O)[C@H](O)[C@H]1O)[C@H](O)[C@H](O)CCCCCCC. The van der Waals surface area contributed by atoms with Crippen LogP contribution < -0.4 is 5.32 Å². The van der Waals surface area contributed by atoms with Crippen molar-refractivity contribution in [3.05, 3.63) is 0 Å². The predicted molar refractivity (Wildman–Crippen MR) is 206 cm³/mol. The molecule has 0 radical (unpaired) electrons. The molecule has 1 unspecified atom stereocenters. The first-order chi connectivity index (χ1) is 25.2. The fraction of sp³-hybridized carbons (Fsp3) is 0.976. The van der Waals surface area contributed by atoms with Crippen LogP contribution in [0.15, 0.2) is 0 Å². The van der Waals surface area contributed by atoms with Gasteiger partial charge in [-0.05, 0) is 12.8 Å². The van der Waals surface area contributed by atoms with Gasteiger partial charge in [-0.25, -0.2) is 0 Å². The van der Waals surface area contributed by atoms with Crippen molar-refractivity contribution in [3.8, 4) is 0 Å². The molecule has 8 N–H and O–H groups in total. The summed E-state index contributed by atoms with van der Waals surface area (Å²) >= 11 is 0. The molecule has 1 fully saturated rings. The lowest BCUT2D eigenvalue weighted by Crippen LogP contribution is -2.60. The van der Waals surface area contributed by atoms with Crippen LogP contribution in [0.2, 0.25) is 0 Å². The number of ether oxygens (including phenoxy) is 2. The zero-order valence-electron chi connectivity index (χ0n) is 33.1. The highest BCUT2D eigenvalue weighted by Gasteiger charge is 2.44. The Morgan fingerprint density at radius 2 is 1.00 bits per heavy atom. The van der Waals surface area contributed by atoms with E-state index in [1.165, 1.54) is 103 Å². The van der Waals surface area contributed by atoms with Crippen LogP contribution in [-0.4, -0.2) is 110 Å². The van der Waals surface area contributed by atoms with Gasteiger partial charge in [0.1, 0.15) is 36.6 Å². The van der Waals surface area contributed by atoms with Crippen molar-refractivity contribution in [3.63, 3.8) is 0 Å². The number of aliphatic hydroxyl groups is 7. The lowest BCUT2D eigenvalue weighted by atomic mass is 9.98. The third-order valence-corrected chi connectivity index (χ3v) is 10.7. The van der Waals surface area contributed by atoms with Crippen molar-refractivity contribution in [2.75, 3.05) is 13.2 Å². The fourth-order valence-corrected chi connectivity index (χ4v) is 7.03. The summed E-state index contributed by atoms with van der Waals surface area (Å²) in [6.07, 6.45) is 19.4. The van der Waals surface area contributed by atoms with Gasteiger partial charge in [-0.15, -0.1) is 0 Å². The monoisotopic (exact) mass is 748 g/mol. The van der Waals surface area contributed by atoms with Crippen LogP contribution in [0, 0.1) is 0 Å². The van der Waals surface area contributed by atoms with Crippen LogP contribution in [0.25, 0.3) is 0 Å². The number of hydrogen-bond donors (Lipinski definition) is 8. The molecular weight excluding hydrogens is 666 g/mol. The first-order valence-electron chi connectivity index (χ1n) is 21.4. The average molecular weight is 748 g/mol. The Morgan fingerprint density at radius 3 is 1.42 bits per heavy atom. The van der Waals surface area contributed by atoms with E-state index in [1.807, 2.05) is 0 Å². The number of unbranched alkanes of at least 4 members (excludes halogenated alkanes) is 23. The number of aliphatic hydroxyl groups excluding tert-OH is 7. The average Bonchev–Trinajstić information content (AvgIpc) is 3.14. The van der Waals surface area contributed by atoms with Crippen LogP contribution in [0.5, 0.6) is 0 Å². The Kier molecular flexibility index (Phi) is 30.6. The second-order valence-electron chi connectivity index (χ2n) is 15.4. The van der Waals surface area contributed by atoms with Crippen molar-refractivity contribution >= 4 is 5.91 Å². The Bertz CT molecular complexity index is 820. The number of carbonyl (C=O) groups excluding carboxylic acids is 1. The number of carbonyl (C=O) groups is 1. The summed E-state index contributed by atoms with van der Waals surface area (Å²) in [5.74, 6) is -0.700. The summed E-state index contributed by atoms with van der Waals surface area (Å²) in [6, 6.07) is -1.16. The molecule has 11 nitrogen and oxygen atoms in total. The van der Waals surface area contributed by atoms with Crippen molar-refractivity contribution in [1.82, 2.24) is 5.32 Å².